The first-order valence-electron chi connectivity index (χ1n) is 10.1. The molecule has 5 rings (SSSR count). The average molecular weight is 430 g/mol. The predicted molar refractivity (Wildman–Crippen MR) is 108 cm³/mol. The van der Waals surface area contributed by atoms with Crippen molar-refractivity contribution in [1.29, 1.82) is 0 Å². The molecular formula is C21H21F3N6O. The van der Waals surface area contributed by atoms with Gasteiger partial charge in [0.15, 0.2) is 17.0 Å². The number of rotatable bonds is 3. The molecule has 0 bridgehead atoms. The lowest BCUT2D eigenvalue weighted by atomic mass is 9.95. The molecule has 1 fully saturated rings. The van der Waals surface area contributed by atoms with Gasteiger partial charge in [0.05, 0.1) is 23.3 Å². The van der Waals surface area contributed by atoms with Crippen LogP contribution in [0.15, 0.2) is 30.7 Å². The number of fused-ring (bicyclic) bond motifs is 2. The highest BCUT2D eigenvalue weighted by molar-refractivity contribution is 5.69. The van der Waals surface area contributed by atoms with Gasteiger partial charge in [-0.3, -0.25) is 0 Å². The van der Waals surface area contributed by atoms with Crippen LogP contribution in [0.1, 0.15) is 35.7 Å². The largest absolute Gasteiger partial charge is 0.573 e. The smallest absolute Gasteiger partial charge is 0.402 e. The van der Waals surface area contributed by atoms with Gasteiger partial charge in [-0.1, -0.05) is 0 Å². The van der Waals surface area contributed by atoms with Crippen molar-refractivity contribution < 1.29 is 17.9 Å². The van der Waals surface area contributed by atoms with Crippen LogP contribution < -0.4 is 10.1 Å². The number of imidazole rings is 2. The zero-order valence-electron chi connectivity index (χ0n) is 17.1. The molecule has 10 heteroatoms. The minimum absolute atomic E-state index is 0.144. The minimum atomic E-state index is -4.82. The first-order chi connectivity index (χ1) is 14.8. The molecule has 1 aliphatic rings. The Kier molecular flexibility index (Phi) is 4.62. The minimum Gasteiger partial charge on any atom is -0.402 e. The first-order valence-corrected chi connectivity index (χ1v) is 10.1. The first kappa shape index (κ1) is 19.8. The predicted octanol–water partition coefficient (Wildman–Crippen LogP) is 4.03. The van der Waals surface area contributed by atoms with Gasteiger partial charge in [-0.25, -0.2) is 14.5 Å². The summed E-state index contributed by atoms with van der Waals surface area (Å²) in [6.07, 6.45) is 2.28. The second kappa shape index (κ2) is 7.23. The maximum Gasteiger partial charge on any atom is 0.573 e. The summed E-state index contributed by atoms with van der Waals surface area (Å²) in [4.78, 5) is 8.93. The van der Waals surface area contributed by atoms with Crippen molar-refractivity contribution in [2.45, 2.75) is 39.0 Å². The average Bonchev–Trinajstić information content (AvgIpc) is 3.31. The highest BCUT2D eigenvalue weighted by atomic mass is 19.4. The van der Waals surface area contributed by atoms with Crippen LogP contribution in [0.5, 0.6) is 5.75 Å². The zero-order valence-corrected chi connectivity index (χ0v) is 17.1. The highest BCUT2D eigenvalue weighted by Gasteiger charge is 2.33. The van der Waals surface area contributed by atoms with E-state index in [2.05, 4.69) is 25.1 Å². The fourth-order valence-corrected chi connectivity index (χ4v) is 4.13. The van der Waals surface area contributed by atoms with Crippen molar-refractivity contribution in [3.63, 3.8) is 0 Å². The summed E-state index contributed by atoms with van der Waals surface area (Å²) >= 11 is 0. The summed E-state index contributed by atoms with van der Waals surface area (Å²) in [5.41, 5.74) is 4.33. The number of hydrogen-bond acceptors (Lipinski definition) is 5. The van der Waals surface area contributed by atoms with Gasteiger partial charge in [-0.2, -0.15) is 5.10 Å². The Hall–Kier alpha value is -3.14. The topological polar surface area (TPSA) is 68.8 Å². The van der Waals surface area contributed by atoms with Gasteiger partial charge in [-0.15, -0.1) is 13.2 Å². The van der Waals surface area contributed by atoms with Crippen LogP contribution in [0.4, 0.5) is 13.2 Å². The van der Waals surface area contributed by atoms with Gasteiger partial charge in [0.1, 0.15) is 0 Å². The molecule has 4 aromatic rings. The van der Waals surface area contributed by atoms with E-state index in [-0.39, 0.29) is 17.3 Å². The van der Waals surface area contributed by atoms with Gasteiger partial charge in [0.25, 0.3) is 0 Å². The molecule has 1 aliphatic heterocycles. The summed E-state index contributed by atoms with van der Waals surface area (Å²) in [5, 5.41) is 7.83. The molecular weight excluding hydrogens is 409 g/mol. The number of hydrogen-bond donors (Lipinski definition) is 1. The third kappa shape index (κ3) is 3.83. The maximum absolute atomic E-state index is 13.1. The van der Waals surface area contributed by atoms with Crippen molar-refractivity contribution in [2.75, 3.05) is 13.1 Å². The molecule has 162 valence electrons. The van der Waals surface area contributed by atoms with Crippen LogP contribution in [0.2, 0.25) is 0 Å². The van der Waals surface area contributed by atoms with Gasteiger partial charge in [-0.05, 0) is 57.5 Å². The molecule has 0 spiro atoms. The van der Waals surface area contributed by atoms with E-state index in [0.717, 1.165) is 42.9 Å². The number of aryl methyl sites for hydroxylation is 2. The van der Waals surface area contributed by atoms with Gasteiger partial charge in [0.2, 0.25) is 0 Å². The van der Waals surface area contributed by atoms with Crippen LogP contribution in [0.25, 0.3) is 22.6 Å². The number of nitrogens with zero attached hydrogens (tertiary/aromatic N) is 5. The monoisotopic (exact) mass is 430 g/mol. The normalized spacial score (nSPS) is 15.8. The number of alkyl halides is 3. The Balaban J connectivity index is 1.66. The molecule has 0 aliphatic carbocycles. The van der Waals surface area contributed by atoms with E-state index in [9.17, 15) is 13.2 Å². The number of ether oxygens (including phenoxy) is 1. The molecule has 1 N–H and O–H groups in total. The third-order valence-corrected chi connectivity index (χ3v) is 5.54. The highest BCUT2D eigenvalue weighted by Crippen LogP contribution is 2.34. The number of nitrogens with one attached hydrogen (secondary N) is 1. The summed E-state index contributed by atoms with van der Waals surface area (Å²) in [5.74, 6) is -0.138. The lowest BCUT2D eigenvalue weighted by Crippen LogP contribution is -2.26. The summed E-state index contributed by atoms with van der Waals surface area (Å²) in [7, 11) is 0. The third-order valence-electron chi connectivity index (χ3n) is 5.54. The fourth-order valence-electron chi connectivity index (χ4n) is 4.13. The molecule has 0 amide bonds. The second-order valence-electron chi connectivity index (χ2n) is 7.92. The van der Waals surface area contributed by atoms with Crippen molar-refractivity contribution in [1.82, 2.24) is 29.3 Å². The Morgan fingerprint density at radius 1 is 1.03 bits per heavy atom. The lowest BCUT2D eigenvalue weighted by molar-refractivity contribution is -0.274. The molecule has 0 atom stereocenters. The molecule has 0 aromatic carbocycles. The number of halogens is 3. The number of pyridine rings is 1. The van der Waals surface area contributed by atoms with E-state index in [1.54, 1.807) is 27.5 Å². The molecule has 1 saturated heterocycles. The van der Waals surface area contributed by atoms with Crippen LogP contribution in [0, 0.1) is 13.8 Å². The summed E-state index contributed by atoms with van der Waals surface area (Å²) < 4.78 is 47.0. The van der Waals surface area contributed by atoms with Crippen LogP contribution in [-0.2, 0) is 0 Å². The van der Waals surface area contributed by atoms with Crippen molar-refractivity contribution >= 4 is 11.3 Å². The van der Waals surface area contributed by atoms with E-state index in [0.29, 0.717) is 16.9 Å². The van der Waals surface area contributed by atoms with E-state index in [1.807, 2.05) is 19.9 Å². The van der Waals surface area contributed by atoms with Gasteiger partial charge < -0.3 is 14.5 Å². The lowest BCUT2D eigenvalue weighted by Gasteiger charge is -2.20. The van der Waals surface area contributed by atoms with E-state index in [1.165, 1.54) is 6.07 Å². The summed E-state index contributed by atoms with van der Waals surface area (Å²) in [6, 6.07) is 3.16. The standard InChI is InChI=1S/C21H21F3N6O/c1-12-7-16(28-30-9-13(2)26-19(12)30)15-8-18(31-21(22,23)24)20-27-17(11-29(20)10-15)14-3-5-25-6-4-14/h7-11,14,25H,3-6H2,1-2H3. The zero-order chi connectivity index (χ0) is 21.8. The molecule has 31 heavy (non-hydrogen) atoms. The quantitative estimate of drug-likeness (QED) is 0.532. The van der Waals surface area contributed by atoms with Crippen molar-refractivity contribution in [3.05, 3.63) is 47.7 Å². The van der Waals surface area contributed by atoms with Crippen LogP contribution in [0.3, 0.4) is 0 Å². The van der Waals surface area contributed by atoms with E-state index in [4.69, 9.17) is 0 Å². The van der Waals surface area contributed by atoms with Gasteiger partial charge >= 0.3 is 6.36 Å². The maximum atomic E-state index is 13.1. The van der Waals surface area contributed by atoms with E-state index < -0.39 is 6.36 Å². The Morgan fingerprint density at radius 3 is 2.55 bits per heavy atom. The van der Waals surface area contributed by atoms with Gasteiger partial charge in [0, 0.05) is 23.9 Å². The molecule has 0 radical (unpaired) electrons. The molecule has 7 nitrogen and oxygen atoms in total. The molecule has 0 unspecified atom stereocenters. The van der Waals surface area contributed by atoms with Crippen LogP contribution in [-0.4, -0.2) is 43.4 Å². The summed E-state index contributed by atoms with van der Waals surface area (Å²) in [6.45, 7) is 5.49. The van der Waals surface area contributed by atoms with Crippen molar-refractivity contribution in [3.8, 4) is 17.0 Å². The fraction of sp³-hybridized carbons (Fsp3) is 0.381. The molecule has 4 aromatic heterocycles. The van der Waals surface area contributed by atoms with Crippen molar-refractivity contribution in [2.24, 2.45) is 0 Å². The Labute approximate surface area is 175 Å². The SMILES string of the molecule is Cc1cn2nc(-c3cc(OC(F)(F)F)c4nc(C5CCNCC5)cn4c3)cc(C)c2n1. The molecule has 5 heterocycles. The Morgan fingerprint density at radius 2 is 1.81 bits per heavy atom. The number of aromatic nitrogens is 5. The second-order valence-corrected chi connectivity index (χ2v) is 7.92. The van der Waals surface area contributed by atoms with E-state index >= 15 is 0 Å². The molecule has 0 saturated carbocycles. The number of piperidine rings is 1. The Bertz CT molecular complexity index is 1270. The van der Waals surface area contributed by atoms with Crippen LogP contribution >= 0.6 is 0 Å².